The van der Waals surface area contributed by atoms with Crippen molar-refractivity contribution < 1.29 is 0 Å². The molecule has 1 aliphatic carbocycles. The molecule has 0 aliphatic heterocycles. The summed E-state index contributed by atoms with van der Waals surface area (Å²) in [6.07, 6.45) is 7.03. The smallest absolute Gasteiger partial charge is 0.0221 e. The Bertz CT molecular complexity index is 197. The molecule has 1 aliphatic rings. The van der Waals surface area contributed by atoms with Gasteiger partial charge in [0, 0.05) is 18.1 Å². The molecule has 1 N–H and O–H groups in total. The highest BCUT2D eigenvalue weighted by atomic mass is 15.2. The molecule has 0 aromatic carbocycles. The molecule has 0 heterocycles. The van der Waals surface area contributed by atoms with Crippen LogP contribution in [0, 0.1) is 5.92 Å². The summed E-state index contributed by atoms with van der Waals surface area (Å²) in [5.74, 6) is 0.816. The van der Waals surface area contributed by atoms with E-state index in [0.717, 1.165) is 12.0 Å². The lowest BCUT2D eigenvalue weighted by atomic mass is 10.0. The number of likely N-dealkylation sites (N-methyl/N-ethyl adjacent to an activating group) is 1. The molecule has 0 amide bonds. The number of nitrogens with one attached hydrogen (secondary N) is 1. The zero-order chi connectivity index (χ0) is 12.8. The topological polar surface area (TPSA) is 15.3 Å². The largest absolute Gasteiger partial charge is 0.316 e. The molecule has 2 heteroatoms. The van der Waals surface area contributed by atoms with Crippen molar-refractivity contribution in [3.63, 3.8) is 0 Å². The molecular weight excluding hydrogens is 208 g/mol. The minimum absolute atomic E-state index is 0.586. The lowest BCUT2D eigenvalue weighted by Gasteiger charge is -2.38. The fourth-order valence-electron chi connectivity index (χ4n) is 2.89. The van der Waals surface area contributed by atoms with Crippen molar-refractivity contribution in [1.29, 1.82) is 0 Å². The molecule has 2 nitrogen and oxygen atoms in total. The second-order valence-corrected chi connectivity index (χ2v) is 6.18. The van der Waals surface area contributed by atoms with E-state index < -0.39 is 0 Å². The molecule has 1 saturated carbocycles. The van der Waals surface area contributed by atoms with E-state index in [1.807, 2.05) is 0 Å². The third-order valence-electron chi connectivity index (χ3n) is 4.46. The van der Waals surface area contributed by atoms with Gasteiger partial charge in [-0.1, -0.05) is 26.7 Å². The van der Waals surface area contributed by atoms with Gasteiger partial charge in [0.2, 0.25) is 0 Å². The summed E-state index contributed by atoms with van der Waals surface area (Å²) >= 11 is 0. The zero-order valence-corrected chi connectivity index (χ0v) is 12.5. The molecule has 2 unspecified atom stereocenters. The van der Waals surface area contributed by atoms with Crippen LogP contribution in [0.4, 0.5) is 0 Å². The normalized spacial score (nSPS) is 21.4. The van der Waals surface area contributed by atoms with Gasteiger partial charge >= 0.3 is 0 Å². The zero-order valence-electron chi connectivity index (χ0n) is 12.5. The summed E-state index contributed by atoms with van der Waals surface area (Å²) in [6.45, 7) is 10.6. The average Bonchev–Trinajstić information content (AvgIpc) is 2.81. The Hall–Kier alpha value is -0.0800. The Morgan fingerprint density at radius 1 is 1.12 bits per heavy atom. The summed E-state index contributed by atoms with van der Waals surface area (Å²) < 4.78 is 0. The average molecular weight is 240 g/mol. The first-order valence-corrected chi connectivity index (χ1v) is 7.49. The van der Waals surface area contributed by atoms with Gasteiger partial charge in [0.25, 0.3) is 0 Å². The van der Waals surface area contributed by atoms with Crippen molar-refractivity contribution in [2.45, 2.75) is 77.9 Å². The van der Waals surface area contributed by atoms with Gasteiger partial charge in [0.1, 0.15) is 0 Å². The van der Waals surface area contributed by atoms with Gasteiger partial charge in [-0.3, -0.25) is 4.90 Å². The Balaban J connectivity index is 2.56. The maximum atomic E-state index is 3.41. The minimum atomic E-state index is 0.586. The molecule has 0 radical (unpaired) electrons. The van der Waals surface area contributed by atoms with Crippen LogP contribution in [-0.4, -0.2) is 36.6 Å². The van der Waals surface area contributed by atoms with Gasteiger partial charge < -0.3 is 5.32 Å². The van der Waals surface area contributed by atoms with E-state index >= 15 is 0 Å². The molecule has 102 valence electrons. The molecule has 0 saturated heterocycles. The molecule has 0 aromatic rings. The van der Waals surface area contributed by atoms with Crippen LogP contribution in [0.5, 0.6) is 0 Å². The van der Waals surface area contributed by atoms with Crippen LogP contribution in [0.25, 0.3) is 0 Å². The standard InChI is InChI=1S/C15H32N2/c1-12(2)10-11-17(14(4)13(3)16-5)15-8-6-7-9-15/h12-16H,6-11H2,1-5H3. The second-order valence-electron chi connectivity index (χ2n) is 6.18. The molecule has 2 atom stereocenters. The lowest BCUT2D eigenvalue weighted by molar-refractivity contribution is 0.116. The molecule has 0 bridgehead atoms. The monoisotopic (exact) mass is 240 g/mol. The van der Waals surface area contributed by atoms with Crippen molar-refractivity contribution in [1.82, 2.24) is 10.2 Å². The summed E-state index contributed by atoms with van der Waals surface area (Å²) in [7, 11) is 2.08. The van der Waals surface area contributed by atoms with Gasteiger partial charge in [-0.25, -0.2) is 0 Å². The molecule has 0 aromatic heterocycles. The van der Waals surface area contributed by atoms with Gasteiger partial charge in [0.05, 0.1) is 0 Å². The van der Waals surface area contributed by atoms with Crippen LogP contribution in [0.3, 0.4) is 0 Å². The van der Waals surface area contributed by atoms with E-state index in [1.165, 1.54) is 38.6 Å². The van der Waals surface area contributed by atoms with Gasteiger partial charge in [-0.2, -0.15) is 0 Å². The molecule has 1 fully saturated rings. The first-order chi connectivity index (χ1) is 8.06. The van der Waals surface area contributed by atoms with E-state index in [1.54, 1.807) is 0 Å². The van der Waals surface area contributed by atoms with E-state index in [4.69, 9.17) is 0 Å². The van der Waals surface area contributed by atoms with Crippen LogP contribution in [-0.2, 0) is 0 Å². The van der Waals surface area contributed by atoms with E-state index in [2.05, 4.69) is 45.0 Å². The van der Waals surface area contributed by atoms with Crippen molar-refractivity contribution >= 4 is 0 Å². The predicted octanol–water partition coefficient (Wildman–Crippen LogP) is 3.27. The third kappa shape index (κ3) is 4.59. The first kappa shape index (κ1) is 15.0. The summed E-state index contributed by atoms with van der Waals surface area (Å²) in [5, 5.41) is 3.41. The Morgan fingerprint density at radius 3 is 2.18 bits per heavy atom. The highest BCUT2D eigenvalue weighted by Gasteiger charge is 2.28. The SMILES string of the molecule is CNC(C)C(C)N(CCC(C)C)C1CCCC1. The third-order valence-corrected chi connectivity index (χ3v) is 4.46. The maximum Gasteiger partial charge on any atom is 0.0221 e. The van der Waals surface area contributed by atoms with Gasteiger partial charge in [-0.15, -0.1) is 0 Å². The van der Waals surface area contributed by atoms with Crippen LogP contribution in [0.2, 0.25) is 0 Å². The van der Waals surface area contributed by atoms with Crippen molar-refractivity contribution in [3.05, 3.63) is 0 Å². The quantitative estimate of drug-likeness (QED) is 0.735. The van der Waals surface area contributed by atoms with Gasteiger partial charge in [-0.05, 0) is 52.6 Å². The minimum Gasteiger partial charge on any atom is -0.316 e. The second kappa shape index (κ2) is 7.38. The van der Waals surface area contributed by atoms with Crippen LogP contribution in [0.1, 0.15) is 59.8 Å². The fourth-order valence-corrected chi connectivity index (χ4v) is 2.89. The van der Waals surface area contributed by atoms with Crippen molar-refractivity contribution in [2.75, 3.05) is 13.6 Å². The van der Waals surface area contributed by atoms with Crippen LogP contribution < -0.4 is 5.32 Å². The number of hydrogen-bond acceptors (Lipinski definition) is 2. The van der Waals surface area contributed by atoms with E-state index in [9.17, 15) is 0 Å². The first-order valence-electron chi connectivity index (χ1n) is 7.49. The summed E-state index contributed by atoms with van der Waals surface area (Å²) in [4.78, 5) is 2.77. The van der Waals surface area contributed by atoms with Crippen molar-refractivity contribution in [3.8, 4) is 0 Å². The number of hydrogen-bond donors (Lipinski definition) is 1. The number of rotatable bonds is 7. The maximum absolute atomic E-state index is 3.41. The van der Waals surface area contributed by atoms with Crippen LogP contribution in [0.15, 0.2) is 0 Å². The Morgan fingerprint density at radius 2 is 1.71 bits per heavy atom. The summed E-state index contributed by atoms with van der Waals surface area (Å²) in [6, 6.07) is 2.09. The molecular formula is C15H32N2. The van der Waals surface area contributed by atoms with Gasteiger partial charge in [0.15, 0.2) is 0 Å². The Kier molecular flexibility index (Phi) is 6.50. The molecule has 17 heavy (non-hydrogen) atoms. The highest BCUT2D eigenvalue weighted by Crippen LogP contribution is 2.26. The van der Waals surface area contributed by atoms with E-state index in [0.29, 0.717) is 12.1 Å². The number of nitrogens with zero attached hydrogens (tertiary/aromatic N) is 1. The summed E-state index contributed by atoms with van der Waals surface area (Å²) in [5.41, 5.74) is 0. The highest BCUT2D eigenvalue weighted by molar-refractivity contribution is 4.85. The van der Waals surface area contributed by atoms with E-state index in [-0.39, 0.29) is 0 Å². The fraction of sp³-hybridized carbons (Fsp3) is 1.00. The van der Waals surface area contributed by atoms with Crippen LogP contribution >= 0.6 is 0 Å². The predicted molar refractivity (Wildman–Crippen MR) is 76.4 cm³/mol. The van der Waals surface area contributed by atoms with Crippen molar-refractivity contribution in [2.24, 2.45) is 5.92 Å². The lowest BCUT2D eigenvalue weighted by Crippen LogP contribution is -2.50. The molecule has 0 spiro atoms. The molecule has 1 rings (SSSR count). The Labute approximate surface area is 108 Å².